The lowest BCUT2D eigenvalue weighted by Crippen LogP contribution is -2.32. The van der Waals surface area contributed by atoms with Gasteiger partial charge in [0.05, 0.1) is 11.0 Å². The molecule has 2 aromatic carbocycles. The number of pyridine rings is 1. The van der Waals surface area contributed by atoms with Gasteiger partial charge in [-0.3, -0.25) is 9.78 Å². The highest BCUT2D eigenvalue weighted by atomic mass is 16.8. The van der Waals surface area contributed by atoms with Gasteiger partial charge in [-0.2, -0.15) is 0 Å². The summed E-state index contributed by atoms with van der Waals surface area (Å²) in [6.07, 6.45) is 10.0. The van der Waals surface area contributed by atoms with Crippen LogP contribution in [0.15, 0.2) is 73.1 Å². The van der Waals surface area contributed by atoms with Crippen LogP contribution in [-0.2, 0) is 20.8 Å². The molecule has 7 nitrogen and oxygen atoms in total. The Labute approximate surface area is 197 Å². The van der Waals surface area contributed by atoms with Crippen molar-refractivity contribution in [3.63, 3.8) is 0 Å². The third-order valence-corrected chi connectivity index (χ3v) is 5.73. The van der Waals surface area contributed by atoms with E-state index in [1.165, 1.54) is 6.08 Å². The Morgan fingerprint density at radius 2 is 2.06 bits per heavy atom. The zero-order valence-corrected chi connectivity index (χ0v) is 18.7. The molecule has 2 aromatic heterocycles. The molecular formula is C27H26N4O3. The van der Waals surface area contributed by atoms with Crippen molar-refractivity contribution in [1.82, 2.24) is 20.4 Å². The summed E-state index contributed by atoms with van der Waals surface area (Å²) in [7, 11) is 0. The van der Waals surface area contributed by atoms with Crippen molar-refractivity contribution in [2.24, 2.45) is 0 Å². The lowest BCUT2D eigenvalue weighted by atomic mass is 10.1. The number of nitrogens with one attached hydrogen (secondary N) is 2. The predicted octanol–water partition coefficient (Wildman–Crippen LogP) is 4.80. The average Bonchev–Trinajstić information content (AvgIpc) is 3.29. The van der Waals surface area contributed by atoms with Crippen LogP contribution in [0.2, 0.25) is 0 Å². The molecule has 1 unspecified atom stereocenters. The number of H-pyrrole nitrogens is 1. The molecule has 1 atom stereocenters. The monoisotopic (exact) mass is 454 g/mol. The average molecular weight is 455 g/mol. The fraction of sp³-hybridized carbons (Fsp3) is 0.222. The second kappa shape index (κ2) is 10.4. The number of benzene rings is 2. The SMILES string of the molecule is O=C(C=Cc1ccc(Cc2nc3ccc(-c4cccnc4)cc3[nH]2)cc1)NOC1CCCCO1. The molecule has 172 valence electrons. The summed E-state index contributed by atoms with van der Waals surface area (Å²) in [5, 5.41) is 0. The molecule has 1 fully saturated rings. The first kappa shape index (κ1) is 22.0. The molecular weight excluding hydrogens is 428 g/mol. The van der Waals surface area contributed by atoms with Gasteiger partial charge in [0, 0.05) is 43.5 Å². The Morgan fingerprint density at radius 3 is 2.85 bits per heavy atom. The number of hydrogen-bond donors (Lipinski definition) is 2. The number of imidazole rings is 1. The number of nitrogens with zero attached hydrogens (tertiary/aromatic N) is 2. The lowest BCUT2D eigenvalue weighted by Gasteiger charge is -2.21. The summed E-state index contributed by atoms with van der Waals surface area (Å²) < 4.78 is 5.43. The van der Waals surface area contributed by atoms with Crippen molar-refractivity contribution in [3.05, 3.63) is 90.0 Å². The van der Waals surface area contributed by atoms with Crippen LogP contribution < -0.4 is 5.48 Å². The number of hydroxylamine groups is 1. The summed E-state index contributed by atoms with van der Waals surface area (Å²) in [4.78, 5) is 29.6. The number of rotatable bonds is 7. The van der Waals surface area contributed by atoms with E-state index in [9.17, 15) is 4.79 Å². The second-order valence-electron chi connectivity index (χ2n) is 8.29. The highest BCUT2D eigenvalue weighted by Gasteiger charge is 2.15. The molecule has 0 saturated carbocycles. The molecule has 1 aliphatic heterocycles. The van der Waals surface area contributed by atoms with Crippen LogP contribution in [0, 0.1) is 0 Å². The van der Waals surface area contributed by atoms with Crippen molar-refractivity contribution < 1.29 is 14.4 Å². The molecule has 0 spiro atoms. The second-order valence-corrected chi connectivity index (χ2v) is 8.29. The first-order valence-electron chi connectivity index (χ1n) is 11.5. The quantitative estimate of drug-likeness (QED) is 0.309. The number of ether oxygens (including phenoxy) is 1. The van der Waals surface area contributed by atoms with Crippen LogP contribution in [0.4, 0.5) is 0 Å². The summed E-state index contributed by atoms with van der Waals surface area (Å²) in [6.45, 7) is 0.670. The number of carbonyl (C=O) groups excluding carboxylic acids is 1. The van der Waals surface area contributed by atoms with Gasteiger partial charge in [-0.15, -0.1) is 0 Å². The Morgan fingerprint density at radius 1 is 1.15 bits per heavy atom. The van der Waals surface area contributed by atoms with Gasteiger partial charge in [0.15, 0.2) is 6.29 Å². The van der Waals surface area contributed by atoms with Gasteiger partial charge in [0.1, 0.15) is 5.82 Å². The standard InChI is InChI=1S/C27H26N4O3/c32-26(31-34-27-5-1-2-15-33-27)13-10-19-6-8-20(9-7-19)16-25-29-23-12-11-21(17-24(23)30-25)22-4-3-14-28-18-22/h3-4,6-14,17-18,27H,1-2,5,15-16H2,(H,29,30)(H,31,32). The minimum Gasteiger partial charge on any atom is -0.350 e. The maximum Gasteiger partial charge on any atom is 0.267 e. The van der Waals surface area contributed by atoms with E-state index in [4.69, 9.17) is 14.6 Å². The fourth-order valence-electron chi connectivity index (χ4n) is 3.93. The third kappa shape index (κ3) is 5.57. The minimum absolute atomic E-state index is 0.314. The highest BCUT2D eigenvalue weighted by molar-refractivity contribution is 5.91. The molecule has 0 aliphatic carbocycles. The Bertz CT molecular complexity index is 1280. The van der Waals surface area contributed by atoms with E-state index < -0.39 is 0 Å². The van der Waals surface area contributed by atoms with E-state index >= 15 is 0 Å². The van der Waals surface area contributed by atoms with Crippen molar-refractivity contribution in [3.8, 4) is 11.1 Å². The minimum atomic E-state index is -0.356. The molecule has 2 N–H and O–H groups in total. The maximum absolute atomic E-state index is 12.0. The molecule has 3 heterocycles. The number of hydrogen-bond acceptors (Lipinski definition) is 5. The van der Waals surface area contributed by atoms with Crippen LogP contribution in [0.1, 0.15) is 36.2 Å². The maximum atomic E-state index is 12.0. The number of aromatic amines is 1. The Balaban J connectivity index is 1.18. The van der Waals surface area contributed by atoms with E-state index in [-0.39, 0.29) is 12.2 Å². The summed E-state index contributed by atoms with van der Waals surface area (Å²) >= 11 is 0. The molecule has 0 bridgehead atoms. The van der Waals surface area contributed by atoms with E-state index in [1.54, 1.807) is 12.3 Å². The van der Waals surface area contributed by atoms with E-state index in [2.05, 4.69) is 27.6 Å². The van der Waals surface area contributed by atoms with Gasteiger partial charge >= 0.3 is 0 Å². The molecule has 34 heavy (non-hydrogen) atoms. The molecule has 4 aromatic rings. The molecule has 0 radical (unpaired) electrons. The van der Waals surface area contributed by atoms with E-state index in [0.717, 1.165) is 58.4 Å². The zero-order valence-electron chi connectivity index (χ0n) is 18.7. The summed E-state index contributed by atoms with van der Waals surface area (Å²) in [5.74, 6) is 0.592. The van der Waals surface area contributed by atoms with Crippen LogP contribution in [0.25, 0.3) is 28.2 Å². The van der Waals surface area contributed by atoms with Crippen LogP contribution in [0.3, 0.4) is 0 Å². The van der Waals surface area contributed by atoms with Gasteiger partial charge in [-0.25, -0.2) is 15.3 Å². The fourth-order valence-corrected chi connectivity index (χ4v) is 3.93. The molecule has 5 rings (SSSR count). The normalized spacial score (nSPS) is 16.2. The van der Waals surface area contributed by atoms with Crippen LogP contribution in [0.5, 0.6) is 0 Å². The van der Waals surface area contributed by atoms with Crippen LogP contribution in [-0.4, -0.2) is 33.8 Å². The topological polar surface area (TPSA) is 89.1 Å². The lowest BCUT2D eigenvalue weighted by molar-refractivity contribution is -0.198. The zero-order chi connectivity index (χ0) is 23.2. The van der Waals surface area contributed by atoms with E-state index in [1.807, 2.05) is 48.7 Å². The first-order valence-corrected chi connectivity index (χ1v) is 11.5. The number of fused-ring (bicyclic) bond motifs is 1. The molecule has 1 aliphatic rings. The molecule has 1 saturated heterocycles. The molecule has 7 heteroatoms. The van der Waals surface area contributed by atoms with Gasteiger partial charge in [-0.1, -0.05) is 36.4 Å². The van der Waals surface area contributed by atoms with E-state index in [0.29, 0.717) is 13.0 Å². The Kier molecular flexibility index (Phi) is 6.74. The third-order valence-electron chi connectivity index (χ3n) is 5.73. The van der Waals surface area contributed by atoms with Crippen molar-refractivity contribution in [2.45, 2.75) is 32.0 Å². The summed E-state index contributed by atoms with van der Waals surface area (Å²) in [6, 6.07) is 18.2. The Hall–Kier alpha value is -3.81. The van der Waals surface area contributed by atoms with Gasteiger partial charge < -0.3 is 9.72 Å². The van der Waals surface area contributed by atoms with Gasteiger partial charge in [0.25, 0.3) is 5.91 Å². The number of carbonyl (C=O) groups is 1. The van der Waals surface area contributed by atoms with Crippen LogP contribution >= 0.6 is 0 Å². The first-order chi connectivity index (χ1) is 16.7. The number of amides is 1. The number of aromatic nitrogens is 3. The van der Waals surface area contributed by atoms with Gasteiger partial charge in [0.2, 0.25) is 0 Å². The van der Waals surface area contributed by atoms with Crippen molar-refractivity contribution in [1.29, 1.82) is 0 Å². The largest absolute Gasteiger partial charge is 0.350 e. The van der Waals surface area contributed by atoms with Crippen molar-refractivity contribution >= 4 is 23.0 Å². The molecule has 1 amide bonds. The highest BCUT2D eigenvalue weighted by Crippen LogP contribution is 2.23. The predicted molar refractivity (Wildman–Crippen MR) is 130 cm³/mol. The van der Waals surface area contributed by atoms with Crippen molar-refractivity contribution in [2.75, 3.05) is 6.61 Å². The summed E-state index contributed by atoms with van der Waals surface area (Å²) in [5.41, 5.74) is 8.61. The van der Waals surface area contributed by atoms with Gasteiger partial charge in [-0.05, 0) is 53.8 Å². The smallest absolute Gasteiger partial charge is 0.267 e.